The molecule has 0 aliphatic heterocycles. The molecule has 0 radical (unpaired) electrons. The Labute approximate surface area is 126 Å². The lowest BCUT2D eigenvalue weighted by molar-refractivity contribution is -0.125. The third-order valence-corrected chi connectivity index (χ3v) is 2.91. The smallest absolute Gasteiger partial charge is 0.239 e. The summed E-state index contributed by atoms with van der Waals surface area (Å²) in [7, 11) is 0. The molecule has 0 saturated carbocycles. The van der Waals surface area contributed by atoms with E-state index in [1.54, 1.807) is 0 Å². The largest absolute Gasteiger partial charge is 0.376 e. The van der Waals surface area contributed by atoms with Gasteiger partial charge in [0.25, 0.3) is 0 Å². The highest BCUT2D eigenvalue weighted by molar-refractivity contribution is 14.1. The minimum atomic E-state index is -0.211. The fraction of sp³-hybridized carbons (Fsp3) is 0.385. The molecule has 104 valence electrons. The predicted molar refractivity (Wildman–Crippen MR) is 83.9 cm³/mol. The van der Waals surface area contributed by atoms with Crippen LogP contribution in [0.4, 0.5) is 5.69 Å². The Balaban J connectivity index is 2.24. The normalized spacial score (nSPS) is 10.1. The summed E-state index contributed by atoms with van der Waals surface area (Å²) in [4.78, 5) is 22.8. The monoisotopic (exact) mass is 375 g/mol. The van der Waals surface area contributed by atoms with Crippen LogP contribution in [0.1, 0.15) is 13.8 Å². The van der Waals surface area contributed by atoms with Crippen molar-refractivity contribution in [1.29, 1.82) is 0 Å². The molecule has 0 aromatic heterocycles. The number of nitrogens with one attached hydrogen (secondary N) is 3. The molecule has 5 nitrogen and oxygen atoms in total. The SMILES string of the molecule is CC(C)NC(=O)CNC(=O)CNc1ccc(I)cc1. The van der Waals surface area contributed by atoms with Gasteiger partial charge < -0.3 is 16.0 Å². The van der Waals surface area contributed by atoms with Gasteiger partial charge in [0.2, 0.25) is 11.8 Å². The molecule has 0 aliphatic carbocycles. The maximum absolute atomic E-state index is 11.5. The average Bonchev–Trinajstić information content (AvgIpc) is 2.35. The van der Waals surface area contributed by atoms with Crippen LogP contribution in [-0.4, -0.2) is 30.9 Å². The molecule has 0 heterocycles. The molecule has 1 aromatic carbocycles. The fourth-order valence-electron chi connectivity index (χ4n) is 1.36. The summed E-state index contributed by atoms with van der Waals surface area (Å²) in [6, 6.07) is 7.80. The van der Waals surface area contributed by atoms with Crippen molar-refractivity contribution in [3.8, 4) is 0 Å². The van der Waals surface area contributed by atoms with Crippen molar-refractivity contribution in [3.63, 3.8) is 0 Å². The van der Waals surface area contributed by atoms with Crippen LogP contribution in [0.25, 0.3) is 0 Å². The van der Waals surface area contributed by atoms with E-state index in [4.69, 9.17) is 0 Å². The van der Waals surface area contributed by atoms with Gasteiger partial charge in [0, 0.05) is 15.3 Å². The molecule has 0 saturated heterocycles. The Hall–Kier alpha value is -1.31. The van der Waals surface area contributed by atoms with Crippen LogP contribution in [0.2, 0.25) is 0 Å². The van der Waals surface area contributed by atoms with Crippen LogP contribution in [0.5, 0.6) is 0 Å². The van der Waals surface area contributed by atoms with Crippen LogP contribution in [-0.2, 0) is 9.59 Å². The molecule has 0 bridgehead atoms. The number of amides is 2. The van der Waals surface area contributed by atoms with Gasteiger partial charge in [0.1, 0.15) is 0 Å². The zero-order valence-corrected chi connectivity index (χ0v) is 13.2. The van der Waals surface area contributed by atoms with E-state index in [0.29, 0.717) is 0 Å². The molecule has 0 atom stereocenters. The van der Waals surface area contributed by atoms with E-state index >= 15 is 0 Å². The van der Waals surface area contributed by atoms with Gasteiger partial charge in [0.15, 0.2) is 0 Å². The zero-order valence-electron chi connectivity index (χ0n) is 11.0. The first-order chi connectivity index (χ1) is 8.97. The second-order valence-electron chi connectivity index (χ2n) is 4.36. The Morgan fingerprint density at radius 1 is 1.11 bits per heavy atom. The quantitative estimate of drug-likeness (QED) is 0.658. The van der Waals surface area contributed by atoms with Gasteiger partial charge in [-0.2, -0.15) is 0 Å². The lowest BCUT2D eigenvalue weighted by Crippen LogP contribution is -2.41. The van der Waals surface area contributed by atoms with E-state index in [0.717, 1.165) is 9.26 Å². The number of rotatable bonds is 6. The van der Waals surface area contributed by atoms with Crippen molar-refractivity contribution < 1.29 is 9.59 Å². The van der Waals surface area contributed by atoms with E-state index in [1.165, 1.54) is 0 Å². The molecule has 1 rings (SSSR count). The van der Waals surface area contributed by atoms with Crippen LogP contribution < -0.4 is 16.0 Å². The fourth-order valence-corrected chi connectivity index (χ4v) is 1.72. The summed E-state index contributed by atoms with van der Waals surface area (Å²) >= 11 is 2.22. The van der Waals surface area contributed by atoms with E-state index in [9.17, 15) is 9.59 Å². The second-order valence-corrected chi connectivity index (χ2v) is 5.61. The third kappa shape index (κ3) is 7.00. The molecular weight excluding hydrogens is 357 g/mol. The van der Waals surface area contributed by atoms with Crippen molar-refractivity contribution in [1.82, 2.24) is 10.6 Å². The topological polar surface area (TPSA) is 70.2 Å². The van der Waals surface area contributed by atoms with Crippen LogP contribution in [0, 0.1) is 3.57 Å². The highest BCUT2D eigenvalue weighted by Gasteiger charge is 2.06. The van der Waals surface area contributed by atoms with Crippen LogP contribution in [0.3, 0.4) is 0 Å². The maximum Gasteiger partial charge on any atom is 0.239 e. The van der Waals surface area contributed by atoms with Gasteiger partial charge in [-0.3, -0.25) is 9.59 Å². The van der Waals surface area contributed by atoms with E-state index < -0.39 is 0 Å². The molecule has 1 aromatic rings. The Bertz CT molecular complexity index is 432. The van der Waals surface area contributed by atoms with Crippen molar-refractivity contribution in [2.45, 2.75) is 19.9 Å². The summed E-state index contributed by atoms with van der Waals surface area (Å²) in [5.41, 5.74) is 0.877. The molecule has 0 aliphatic rings. The number of halogens is 1. The summed E-state index contributed by atoms with van der Waals surface area (Å²) in [6.45, 7) is 3.90. The first kappa shape index (κ1) is 15.7. The molecule has 19 heavy (non-hydrogen) atoms. The lowest BCUT2D eigenvalue weighted by Gasteiger charge is -2.10. The Morgan fingerprint density at radius 2 is 1.74 bits per heavy atom. The van der Waals surface area contributed by atoms with E-state index in [1.807, 2.05) is 38.1 Å². The molecular formula is C13H18IN3O2. The second kappa shape index (κ2) is 7.98. The molecule has 2 amide bonds. The molecule has 3 N–H and O–H groups in total. The predicted octanol–water partition coefficient (Wildman–Crippen LogP) is 1.34. The first-order valence-electron chi connectivity index (χ1n) is 6.03. The van der Waals surface area contributed by atoms with Gasteiger partial charge in [-0.15, -0.1) is 0 Å². The minimum Gasteiger partial charge on any atom is -0.376 e. The average molecular weight is 375 g/mol. The van der Waals surface area contributed by atoms with Crippen molar-refractivity contribution in [2.24, 2.45) is 0 Å². The molecule has 0 spiro atoms. The van der Waals surface area contributed by atoms with Gasteiger partial charge in [-0.1, -0.05) is 0 Å². The summed E-state index contributed by atoms with van der Waals surface area (Å²) in [6.07, 6.45) is 0. The number of anilines is 1. The maximum atomic E-state index is 11.5. The van der Waals surface area contributed by atoms with Gasteiger partial charge in [0.05, 0.1) is 13.1 Å². The van der Waals surface area contributed by atoms with E-state index in [2.05, 4.69) is 38.5 Å². The van der Waals surface area contributed by atoms with Crippen molar-refractivity contribution >= 4 is 40.1 Å². The summed E-state index contributed by atoms with van der Waals surface area (Å²) < 4.78 is 1.14. The zero-order chi connectivity index (χ0) is 14.3. The van der Waals surface area contributed by atoms with Crippen molar-refractivity contribution in [2.75, 3.05) is 18.4 Å². The van der Waals surface area contributed by atoms with Gasteiger partial charge in [-0.05, 0) is 60.7 Å². The standard InChI is InChI=1S/C13H18IN3O2/c1-9(2)17-13(19)8-16-12(18)7-15-11-5-3-10(14)4-6-11/h3-6,9,15H,7-8H2,1-2H3,(H,16,18)(H,17,19). The first-order valence-corrected chi connectivity index (χ1v) is 7.10. The highest BCUT2D eigenvalue weighted by Crippen LogP contribution is 2.10. The number of benzene rings is 1. The highest BCUT2D eigenvalue weighted by atomic mass is 127. The third-order valence-electron chi connectivity index (χ3n) is 2.19. The van der Waals surface area contributed by atoms with E-state index in [-0.39, 0.29) is 30.9 Å². The van der Waals surface area contributed by atoms with Crippen LogP contribution in [0.15, 0.2) is 24.3 Å². The number of hydrogen-bond acceptors (Lipinski definition) is 3. The summed E-state index contributed by atoms with van der Waals surface area (Å²) in [5, 5.41) is 8.25. The molecule has 0 unspecified atom stereocenters. The number of carbonyl (C=O) groups is 2. The number of carbonyl (C=O) groups excluding carboxylic acids is 2. The number of hydrogen-bond donors (Lipinski definition) is 3. The lowest BCUT2D eigenvalue weighted by atomic mass is 10.3. The molecule has 0 fully saturated rings. The van der Waals surface area contributed by atoms with Crippen molar-refractivity contribution in [3.05, 3.63) is 27.8 Å². The van der Waals surface area contributed by atoms with Gasteiger partial charge in [-0.25, -0.2) is 0 Å². The molecule has 6 heteroatoms. The Morgan fingerprint density at radius 3 is 2.32 bits per heavy atom. The van der Waals surface area contributed by atoms with Crippen LogP contribution >= 0.6 is 22.6 Å². The minimum absolute atomic E-state index is 0.00534. The summed E-state index contributed by atoms with van der Waals surface area (Å²) in [5.74, 6) is -0.393. The Kier molecular flexibility index (Phi) is 6.61. The van der Waals surface area contributed by atoms with Gasteiger partial charge >= 0.3 is 0 Å².